The molecule has 0 aromatic carbocycles. The van der Waals surface area contributed by atoms with E-state index < -0.39 is 11.7 Å². The Balaban J connectivity index is 2.51. The van der Waals surface area contributed by atoms with E-state index >= 15 is 0 Å². The van der Waals surface area contributed by atoms with E-state index in [1.165, 1.54) is 20.4 Å². The molecule has 0 unspecified atom stereocenters. The molecule has 9 nitrogen and oxygen atoms in total. The van der Waals surface area contributed by atoms with Crippen LogP contribution in [-0.2, 0) is 25.5 Å². The van der Waals surface area contributed by atoms with E-state index in [9.17, 15) is 9.59 Å². The smallest absolute Gasteiger partial charge is 0.408 e. The van der Waals surface area contributed by atoms with Gasteiger partial charge in [0.25, 0.3) is 0 Å². The number of methoxy groups -OCH3 is 1. The van der Waals surface area contributed by atoms with Gasteiger partial charge >= 0.3 is 12.1 Å². The number of hydrogen-bond acceptors (Lipinski definition) is 8. The molecule has 0 saturated carbocycles. The van der Waals surface area contributed by atoms with Crippen LogP contribution in [0.15, 0.2) is 15.7 Å². The van der Waals surface area contributed by atoms with Crippen molar-refractivity contribution >= 4 is 18.0 Å². The molecular weight excluding hydrogens is 318 g/mol. The number of oxazole rings is 1. The van der Waals surface area contributed by atoms with Crippen molar-refractivity contribution in [1.29, 1.82) is 0 Å². The molecule has 0 radical (unpaired) electrons. The molecule has 1 heterocycles. The number of carbonyl (C=O) groups is 2. The Kier molecular flexibility index (Phi) is 7.22. The zero-order chi connectivity index (χ0) is 18.2. The number of aromatic nitrogens is 1. The van der Waals surface area contributed by atoms with Gasteiger partial charge in [-0.05, 0) is 20.8 Å². The summed E-state index contributed by atoms with van der Waals surface area (Å²) < 4.78 is 20.2. The van der Waals surface area contributed by atoms with Crippen molar-refractivity contribution in [3.05, 3.63) is 17.8 Å². The predicted octanol–water partition coefficient (Wildman–Crippen LogP) is 1.66. The summed E-state index contributed by atoms with van der Waals surface area (Å²) in [5, 5.41) is 2.53. The maximum atomic E-state index is 11.6. The molecule has 0 aliphatic rings. The van der Waals surface area contributed by atoms with Gasteiger partial charge in [-0.1, -0.05) is 0 Å². The van der Waals surface area contributed by atoms with Crippen LogP contribution in [0.2, 0.25) is 0 Å². The molecule has 1 amide bonds. The van der Waals surface area contributed by atoms with Crippen LogP contribution in [0.5, 0.6) is 0 Å². The van der Waals surface area contributed by atoms with Crippen LogP contribution < -0.4 is 5.32 Å². The molecule has 1 N–H and O–H groups in total. The molecule has 134 valence electrons. The van der Waals surface area contributed by atoms with Crippen molar-refractivity contribution < 1.29 is 28.2 Å². The molecule has 0 bridgehead atoms. The molecule has 9 heteroatoms. The second kappa shape index (κ2) is 8.90. The first kappa shape index (κ1) is 19.5. The standard InChI is InChI=1S/C15H23N3O6/c1-15(2,3)24-14(20)17-8-11-18-10(9-23-11)13(16-4)22-7-6-12(19)21-5/h9H,6-8H2,1-5H3,(H,17,20). The fourth-order valence-corrected chi connectivity index (χ4v) is 1.54. The fraction of sp³-hybridized carbons (Fsp3) is 0.600. The monoisotopic (exact) mass is 341 g/mol. The normalized spacial score (nSPS) is 11.8. The van der Waals surface area contributed by atoms with E-state index in [0.717, 1.165) is 0 Å². The van der Waals surface area contributed by atoms with E-state index in [1.54, 1.807) is 20.8 Å². The van der Waals surface area contributed by atoms with E-state index in [4.69, 9.17) is 13.9 Å². The van der Waals surface area contributed by atoms with Crippen molar-refractivity contribution in [3.63, 3.8) is 0 Å². The first-order valence-electron chi connectivity index (χ1n) is 7.33. The number of aliphatic imine (C=N–C) groups is 1. The molecule has 1 aromatic heterocycles. The summed E-state index contributed by atoms with van der Waals surface area (Å²) in [7, 11) is 2.83. The molecule has 0 atom stereocenters. The fourth-order valence-electron chi connectivity index (χ4n) is 1.54. The Morgan fingerprint density at radius 2 is 2.08 bits per heavy atom. The molecule has 0 fully saturated rings. The topological polar surface area (TPSA) is 112 Å². The Morgan fingerprint density at radius 3 is 2.67 bits per heavy atom. The quantitative estimate of drug-likeness (QED) is 0.475. The summed E-state index contributed by atoms with van der Waals surface area (Å²) >= 11 is 0. The highest BCUT2D eigenvalue weighted by atomic mass is 16.6. The van der Waals surface area contributed by atoms with Crippen molar-refractivity contribution in [2.24, 2.45) is 4.99 Å². The average molecular weight is 341 g/mol. The SMILES string of the molecule is CN=C(OCCC(=O)OC)c1coc(CNC(=O)OC(C)(C)C)n1. The molecule has 0 spiro atoms. The van der Waals surface area contributed by atoms with Gasteiger partial charge in [-0.2, -0.15) is 0 Å². The zero-order valence-electron chi connectivity index (χ0n) is 14.5. The molecule has 1 aromatic rings. The van der Waals surface area contributed by atoms with E-state index in [2.05, 4.69) is 20.0 Å². The number of carbonyl (C=O) groups excluding carboxylic acids is 2. The van der Waals surface area contributed by atoms with Crippen LogP contribution in [0.4, 0.5) is 4.79 Å². The van der Waals surface area contributed by atoms with Crippen LogP contribution in [0, 0.1) is 0 Å². The number of hydrogen-bond donors (Lipinski definition) is 1. The van der Waals surface area contributed by atoms with Gasteiger partial charge in [0.1, 0.15) is 18.5 Å². The highest BCUT2D eigenvalue weighted by Gasteiger charge is 2.17. The van der Waals surface area contributed by atoms with Gasteiger partial charge in [-0.3, -0.25) is 9.79 Å². The lowest BCUT2D eigenvalue weighted by Gasteiger charge is -2.19. The lowest BCUT2D eigenvalue weighted by Crippen LogP contribution is -2.32. The summed E-state index contributed by atoms with van der Waals surface area (Å²) in [6.45, 7) is 5.48. The van der Waals surface area contributed by atoms with Crippen LogP contribution in [-0.4, -0.2) is 49.3 Å². The van der Waals surface area contributed by atoms with Gasteiger partial charge in [-0.15, -0.1) is 0 Å². The number of nitrogens with one attached hydrogen (secondary N) is 1. The van der Waals surface area contributed by atoms with Crippen LogP contribution >= 0.6 is 0 Å². The number of nitrogens with zero attached hydrogens (tertiary/aromatic N) is 2. The Labute approximate surface area is 140 Å². The Bertz CT molecular complexity index is 588. The first-order valence-corrected chi connectivity index (χ1v) is 7.33. The number of alkyl carbamates (subject to hydrolysis) is 1. The maximum Gasteiger partial charge on any atom is 0.408 e. The lowest BCUT2D eigenvalue weighted by molar-refractivity contribution is -0.141. The van der Waals surface area contributed by atoms with Crippen LogP contribution in [0.25, 0.3) is 0 Å². The molecular formula is C15H23N3O6. The third-order valence-electron chi connectivity index (χ3n) is 2.53. The average Bonchev–Trinajstić information content (AvgIpc) is 2.96. The molecule has 24 heavy (non-hydrogen) atoms. The minimum Gasteiger partial charge on any atom is -0.476 e. The van der Waals surface area contributed by atoms with Crippen molar-refractivity contribution in [3.8, 4) is 0 Å². The van der Waals surface area contributed by atoms with Crippen molar-refractivity contribution in [2.45, 2.75) is 39.3 Å². The van der Waals surface area contributed by atoms with Crippen LogP contribution in [0.3, 0.4) is 0 Å². The highest BCUT2D eigenvalue weighted by Crippen LogP contribution is 2.08. The van der Waals surface area contributed by atoms with Gasteiger partial charge in [0.15, 0.2) is 5.69 Å². The number of esters is 1. The highest BCUT2D eigenvalue weighted by molar-refractivity contribution is 5.91. The van der Waals surface area contributed by atoms with Gasteiger partial charge in [0, 0.05) is 7.05 Å². The summed E-state index contributed by atoms with van der Waals surface area (Å²) in [5.74, 6) is 0.118. The Morgan fingerprint density at radius 1 is 1.38 bits per heavy atom. The lowest BCUT2D eigenvalue weighted by atomic mass is 10.2. The summed E-state index contributed by atoms with van der Waals surface area (Å²) in [6, 6.07) is 0. The minimum absolute atomic E-state index is 0.0636. The molecule has 1 rings (SSSR count). The van der Waals surface area contributed by atoms with Gasteiger partial charge in [-0.25, -0.2) is 9.78 Å². The third-order valence-corrected chi connectivity index (χ3v) is 2.53. The van der Waals surface area contributed by atoms with E-state index in [1.807, 2.05) is 0 Å². The largest absolute Gasteiger partial charge is 0.476 e. The second-order valence-corrected chi connectivity index (χ2v) is 5.69. The zero-order valence-corrected chi connectivity index (χ0v) is 14.5. The maximum absolute atomic E-state index is 11.6. The van der Waals surface area contributed by atoms with E-state index in [0.29, 0.717) is 5.69 Å². The minimum atomic E-state index is -0.582. The number of ether oxygens (including phenoxy) is 3. The summed E-state index contributed by atoms with van der Waals surface area (Å²) in [5.41, 5.74) is -0.218. The Hall–Kier alpha value is -2.58. The predicted molar refractivity (Wildman–Crippen MR) is 84.6 cm³/mol. The third kappa shape index (κ3) is 7.12. The first-order chi connectivity index (χ1) is 11.2. The summed E-state index contributed by atoms with van der Waals surface area (Å²) in [6.07, 6.45) is 0.883. The number of rotatable bonds is 6. The van der Waals surface area contributed by atoms with Crippen molar-refractivity contribution in [2.75, 3.05) is 20.8 Å². The van der Waals surface area contributed by atoms with Gasteiger partial charge < -0.3 is 23.9 Å². The van der Waals surface area contributed by atoms with E-state index in [-0.39, 0.29) is 37.3 Å². The van der Waals surface area contributed by atoms with Gasteiger partial charge in [0.05, 0.1) is 20.1 Å². The van der Waals surface area contributed by atoms with Crippen LogP contribution in [0.1, 0.15) is 38.8 Å². The summed E-state index contributed by atoms with van der Waals surface area (Å²) in [4.78, 5) is 30.7. The molecule has 0 aliphatic carbocycles. The van der Waals surface area contributed by atoms with Crippen molar-refractivity contribution in [1.82, 2.24) is 10.3 Å². The molecule has 0 saturated heterocycles. The molecule has 0 aliphatic heterocycles. The number of amides is 1. The second-order valence-electron chi connectivity index (χ2n) is 5.69. The van der Waals surface area contributed by atoms with Gasteiger partial charge in [0.2, 0.25) is 11.8 Å².